The smallest absolute Gasteiger partial charge is 0.475 e. The molecule has 0 fully saturated rings. The molecule has 28 heavy (non-hydrogen) atoms. The van der Waals surface area contributed by atoms with Gasteiger partial charge in [-0.2, -0.15) is 18.4 Å². The molecule has 0 aliphatic carbocycles. The summed E-state index contributed by atoms with van der Waals surface area (Å²) in [6.45, 7) is 3.96. The Hall–Kier alpha value is -2.79. The van der Waals surface area contributed by atoms with E-state index in [1.54, 1.807) is 0 Å². The number of aromatic nitrogens is 4. The molecule has 2 heterocycles. The van der Waals surface area contributed by atoms with Gasteiger partial charge in [-0.05, 0) is 41.8 Å². The third-order valence-corrected chi connectivity index (χ3v) is 4.68. The second kappa shape index (κ2) is 9.42. The minimum absolute atomic E-state index is 0.645. The Morgan fingerprint density at radius 1 is 1.25 bits per heavy atom. The highest BCUT2D eigenvalue weighted by molar-refractivity contribution is 7.10. The van der Waals surface area contributed by atoms with Crippen molar-refractivity contribution in [3.63, 3.8) is 0 Å². The fourth-order valence-corrected chi connectivity index (χ4v) is 3.30. The topological polar surface area (TPSA) is 95.0 Å². The predicted octanol–water partition coefficient (Wildman–Crippen LogP) is 3.50. The van der Waals surface area contributed by atoms with Crippen LogP contribution < -0.4 is 0 Å². The van der Waals surface area contributed by atoms with Gasteiger partial charge >= 0.3 is 12.1 Å². The lowest BCUT2D eigenvalue weighted by molar-refractivity contribution is -0.192. The van der Waals surface area contributed by atoms with Crippen molar-refractivity contribution in [3.8, 4) is 11.4 Å². The van der Waals surface area contributed by atoms with Crippen LogP contribution in [0.15, 0.2) is 35.7 Å². The van der Waals surface area contributed by atoms with Gasteiger partial charge < -0.3 is 5.11 Å². The standard InChI is InChI=1S/C15H17N5S.C2HF3O2/c1-11-7-8-21-14(11)10-20(2)9-12-5-3-4-6-13(12)15-16-18-19-17-15;3-2(4,5)1(6)7/h3-8H,9-10H2,1-2H3,(H,16,17,18,19);(H,6,7). The van der Waals surface area contributed by atoms with Crippen molar-refractivity contribution in [3.05, 3.63) is 51.7 Å². The maximum atomic E-state index is 10.6. The molecule has 0 aliphatic rings. The van der Waals surface area contributed by atoms with Crippen LogP contribution in [0.4, 0.5) is 13.2 Å². The van der Waals surface area contributed by atoms with Crippen LogP contribution in [0.3, 0.4) is 0 Å². The molecule has 0 atom stereocenters. The molecule has 150 valence electrons. The van der Waals surface area contributed by atoms with Crippen molar-refractivity contribution in [2.45, 2.75) is 26.2 Å². The molecule has 3 aromatic rings. The third kappa shape index (κ3) is 6.13. The molecular weight excluding hydrogens is 395 g/mol. The summed E-state index contributed by atoms with van der Waals surface area (Å²) in [6, 6.07) is 10.4. The summed E-state index contributed by atoms with van der Waals surface area (Å²) in [5, 5.41) is 23.6. The number of halogens is 3. The number of aliphatic carboxylic acids is 1. The Labute approximate surface area is 162 Å². The van der Waals surface area contributed by atoms with Gasteiger partial charge in [-0.3, -0.25) is 4.90 Å². The maximum Gasteiger partial charge on any atom is 0.490 e. The summed E-state index contributed by atoms with van der Waals surface area (Å²) >= 11 is 1.81. The Morgan fingerprint density at radius 3 is 2.46 bits per heavy atom. The molecule has 0 saturated carbocycles. The van der Waals surface area contributed by atoms with Crippen LogP contribution in [0.2, 0.25) is 0 Å². The van der Waals surface area contributed by atoms with Crippen LogP contribution >= 0.6 is 11.3 Å². The highest BCUT2D eigenvalue weighted by Crippen LogP contribution is 2.22. The number of nitrogens with one attached hydrogen (secondary N) is 1. The van der Waals surface area contributed by atoms with E-state index in [2.05, 4.69) is 57.0 Å². The van der Waals surface area contributed by atoms with Crippen molar-refractivity contribution in [1.29, 1.82) is 0 Å². The zero-order valence-corrected chi connectivity index (χ0v) is 15.9. The molecule has 0 amide bonds. The van der Waals surface area contributed by atoms with E-state index in [0.29, 0.717) is 5.82 Å². The first-order valence-electron chi connectivity index (χ1n) is 8.02. The Morgan fingerprint density at radius 2 is 1.93 bits per heavy atom. The number of hydrogen-bond donors (Lipinski definition) is 2. The average Bonchev–Trinajstić information content (AvgIpc) is 3.28. The molecule has 3 rings (SSSR count). The molecular formula is C17H18F3N5O2S. The van der Waals surface area contributed by atoms with E-state index in [1.807, 2.05) is 29.5 Å². The van der Waals surface area contributed by atoms with Gasteiger partial charge in [0, 0.05) is 23.5 Å². The summed E-state index contributed by atoms with van der Waals surface area (Å²) in [5.41, 5.74) is 3.59. The van der Waals surface area contributed by atoms with E-state index in [9.17, 15) is 13.2 Å². The van der Waals surface area contributed by atoms with Crippen molar-refractivity contribution >= 4 is 17.3 Å². The number of carboxylic acids is 1. The number of aryl methyl sites for hydroxylation is 1. The molecule has 11 heteroatoms. The summed E-state index contributed by atoms with van der Waals surface area (Å²) in [5.74, 6) is -2.11. The number of benzene rings is 1. The van der Waals surface area contributed by atoms with Gasteiger partial charge in [0.05, 0.1) is 0 Å². The van der Waals surface area contributed by atoms with E-state index in [-0.39, 0.29) is 0 Å². The van der Waals surface area contributed by atoms with E-state index < -0.39 is 12.1 Å². The number of thiophene rings is 1. The number of carboxylic acid groups (broad SMARTS) is 1. The van der Waals surface area contributed by atoms with Gasteiger partial charge in [0.25, 0.3) is 0 Å². The van der Waals surface area contributed by atoms with Crippen molar-refractivity contribution in [2.75, 3.05) is 7.05 Å². The van der Waals surface area contributed by atoms with Crippen LogP contribution in [0.1, 0.15) is 16.0 Å². The van der Waals surface area contributed by atoms with Gasteiger partial charge in [0.2, 0.25) is 5.82 Å². The number of hydrogen-bond acceptors (Lipinski definition) is 6. The Balaban J connectivity index is 0.000000345. The number of alkyl halides is 3. The Kier molecular flexibility index (Phi) is 7.24. The van der Waals surface area contributed by atoms with Gasteiger partial charge in [0.1, 0.15) is 0 Å². The molecule has 7 nitrogen and oxygen atoms in total. The lowest BCUT2D eigenvalue weighted by atomic mass is 10.1. The fraction of sp³-hybridized carbons (Fsp3) is 0.294. The van der Waals surface area contributed by atoms with Crippen LogP contribution in [0, 0.1) is 6.92 Å². The van der Waals surface area contributed by atoms with Crippen molar-refractivity contribution < 1.29 is 23.1 Å². The predicted molar refractivity (Wildman–Crippen MR) is 97.5 cm³/mol. The number of H-pyrrole nitrogens is 1. The van der Waals surface area contributed by atoms with Crippen LogP contribution in [-0.2, 0) is 17.9 Å². The minimum atomic E-state index is -5.08. The van der Waals surface area contributed by atoms with E-state index in [1.165, 1.54) is 16.0 Å². The van der Waals surface area contributed by atoms with Crippen LogP contribution in [0.25, 0.3) is 11.4 Å². The number of aromatic amines is 1. The molecule has 0 radical (unpaired) electrons. The molecule has 2 N–H and O–H groups in total. The molecule has 0 spiro atoms. The summed E-state index contributed by atoms with van der Waals surface area (Å²) in [4.78, 5) is 12.6. The zero-order valence-electron chi connectivity index (χ0n) is 15.1. The fourth-order valence-electron chi connectivity index (χ4n) is 2.31. The largest absolute Gasteiger partial charge is 0.490 e. The second-order valence-corrected chi connectivity index (χ2v) is 6.90. The summed E-state index contributed by atoms with van der Waals surface area (Å²) in [7, 11) is 2.13. The molecule has 0 aliphatic heterocycles. The normalized spacial score (nSPS) is 11.2. The number of rotatable bonds is 5. The van der Waals surface area contributed by atoms with Gasteiger partial charge in [-0.25, -0.2) is 4.79 Å². The first kappa shape index (κ1) is 21.5. The highest BCUT2D eigenvalue weighted by atomic mass is 32.1. The van der Waals surface area contributed by atoms with Crippen molar-refractivity contribution in [1.82, 2.24) is 25.5 Å². The minimum Gasteiger partial charge on any atom is -0.475 e. The first-order valence-corrected chi connectivity index (χ1v) is 8.89. The molecule has 0 saturated heterocycles. The maximum absolute atomic E-state index is 10.6. The van der Waals surface area contributed by atoms with E-state index in [0.717, 1.165) is 18.7 Å². The quantitative estimate of drug-likeness (QED) is 0.665. The number of tetrazole rings is 1. The van der Waals surface area contributed by atoms with Crippen LogP contribution in [-0.4, -0.2) is 49.8 Å². The van der Waals surface area contributed by atoms with Gasteiger partial charge in [-0.1, -0.05) is 24.3 Å². The lowest BCUT2D eigenvalue weighted by Crippen LogP contribution is -2.21. The second-order valence-electron chi connectivity index (χ2n) is 5.89. The molecule has 2 aromatic heterocycles. The number of nitrogens with zero attached hydrogens (tertiary/aromatic N) is 4. The monoisotopic (exact) mass is 413 g/mol. The SMILES string of the molecule is Cc1ccsc1CN(C)Cc1ccccc1-c1nn[nH]n1.O=C(O)C(F)(F)F. The van der Waals surface area contributed by atoms with Crippen molar-refractivity contribution in [2.24, 2.45) is 0 Å². The van der Waals surface area contributed by atoms with E-state index in [4.69, 9.17) is 9.90 Å². The zero-order chi connectivity index (χ0) is 20.7. The third-order valence-electron chi connectivity index (χ3n) is 3.67. The Bertz CT molecular complexity index is 896. The number of carbonyl (C=O) groups is 1. The molecule has 0 bridgehead atoms. The first-order chi connectivity index (χ1) is 13.2. The molecule has 1 aromatic carbocycles. The summed E-state index contributed by atoms with van der Waals surface area (Å²) in [6.07, 6.45) is -5.08. The van der Waals surface area contributed by atoms with Gasteiger partial charge in [-0.15, -0.1) is 21.5 Å². The van der Waals surface area contributed by atoms with Gasteiger partial charge in [0.15, 0.2) is 0 Å². The molecule has 0 unspecified atom stereocenters. The van der Waals surface area contributed by atoms with E-state index >= 15 is 0 Å². The lowest BCUT2D eigenvalue weighted by Gasteiger charge is -2.17. The van der Waals surface area contributed by atoms with Crippen LogP contribution in [0.5, 0.6) is 0 Å². The highest BCUT2D eigenvalue weighted by Gasteiger charge is 2.38. The average molecular weight is 413 g/mol. The summed E-state index contributed by atoms with van der Waals surface area (Å²) < 4.78 is 31.7.